The van der Waals surface area contributed by atoms with Gasteiger partial charge in [-0.05, 0) is 30.9 Å². The summed E-state index contributed by atoms with van der Waals surface area (Å²) in [4.78, 5) is 4.06. The van der Waals surface area contributed by atoms with E-state index < -0.39 is 0 Å². The Balaban J connectivity index is 2.21. The third-order valence-electron chi connectivity index (χ3n) is 2.24. The molecule has 2 N–H and O–H groups in total. The standard InChI is InChI=1S/C11H18N2O/c1-14-8-4-2-3-5-10-9-13-7-6-11(10)12/h6-7,9H,2-5,8H2,1H3,(H2,12,13). The van der Waals surface area contributed by atoms with Crippen molar-refractivity contribution in [2.24, 2.45) is 0 Å². The summed E-state index contributed by atoms with van der Waals surface area (Å²) in [6, 6.07) is 1.85. The monoisotopic (exact) mass is 194 g/mol. The molecule has 0 aromatic carbocycles. The number of ether oxygens (including phenoxy) is 1. The number of nitrogen functional groups attached to an aromatic ring is 1. The zero-order valence-corrected chi connectivity index (χ0v) is 8.70. The van der Waals surface area contributed by atoms with Gasteiger partial charge in [0.05, 0.1) is 0 Å². The number of nitrogens with two attached hydrogens (primary N) is 1. The minimum Gasteiger partial charge on any atom is -0.398 e. The molecule has 1 heterocycles. The molecule has 0 saturated heterocycles. The van der Waals surface area contributed by atoms with Crippen LogP contribution in [0.2, 0.25) is 0 Å². The third-order valence-corrected chi connectivity index (χ3v) is 2.24. The first kappa shape index (κ1) is 11.0. The molecule has 3 nitrogen and oxygen atoms in total. The molecule has 3 heteroatoms. The molecule has 0 aliphatic heterocycles. The minimum absolute atomic E-state index is 0.850. The molecule has 0 atom stereocenters. The van der Waals surface area contributed by atoms with E-state index in [1.807, 2.05) is 12.3 Å². The van der Waals surface area contributed by atoms with E-state index in [-0.39, 0.29) is 0 Å². The minimum atomic E-state index is 0.850. The highest BCUT2D eigenvalue weighted by atomic mass is 16.5. The number of nitrogens with zero attached hydrogens (tertiary/aromatic N) is 1. The van der Waals surface area contributed by atoms with Crippen molar-refractivity contribution in [3.05, 3.63) is 24.0 Å². The fraction of sp³-hybridized carbons (Fsp3) is 0.545. The molecular formula is C11H18N2O. The maximum atomic E-state index is 5.80. The lowest BCUT2D eigenvalue weighted by atomic mass is 10.1. The van der Waals surface area contributed by atoms with Crippen LogP contribution >= 0.6 is 0 Å². The summed E-state index contributed by atoms with van der Waals surface area (Å²) >= 11 is 0. The Bertz CT molecular complexity index is 263. The maximum absolute atomic E-state index is 5.80. The predicted molar refractivity (Wildman–Crippen MR) is 58.1 cm³/mol. The molecule has 0 unspecified atom stereocenters. The van der Waals surface area contributed by atoms with Crippen molar-refractivity contribution < 1.29 is 4.74 Å². The van der Waals surface area contributed by atoms with Gasteiger partial charge in [-0.3, -0.25) is 4.98 Å². The molecule has 0 spiro atoms. The highest BCUT2D eigenvalue weighted by Crippen LogP contribution is 2.12. The van der Waals surface area contributed by atoms with Gasteiger partial charge >= 0.3 is 0 Å². The van der Waals surface area contributed by atoms with Gasteiger partial charge in [0.1, 0.15) is 0 Å². The highest BCUT2D eigenvalue weighted by molar-refractivity contribution is 5.44. The molecule has 14 heavy (non-hydrogen) atoms. The summed E-state index contributed by atoms with van der Waals surface area (Å²) < 4.78 is 4.98. The van der Waals surface area contributed by atoms with Crippen LogP contribution in [0.25, 0.3) is 0 Å². The van der Waals surface area contributed by atoms with E-state index in [0.29, 0.717) is 0 Å². The van der Waals surface area contributed by atoms with Crippen LogP contribution in [0.4, 0.5) is 5.69 Å². The van der Waals surface area contributed by atoms with E-state index in [0.717, 1.165) is 37.1 Å². The molecule has 78 valence electrons. The summed E-state index contributed by atoms with van der Waals surface area (Å²) in [5.41, 5.74) is 7.81. The molecule has 0 fully saturated rings. The van der Waals surface area contributed by atoms with Gasteiger partial charge in [-0.25, -0.2) is 0 Å². The van der Waals surface area contributed by atoms with Crippen LogP contribution in [0.1, 0.15) is 24.8 Å². The van der Waals surface area contributed by atoms with E-state index >= 15 is 0 Å². The lowest BCUT2D eigenvalue weighted by molar-refractivity contribution is 0.192. The lowest BCUT2D eigenvalue weighted by Gasteiger charge is -2.04. The summed E-state index contributed by atoms with van der Waals surface area (Å²) in [6.07, 6.45) is 8.05. The van der Waals surface area contributed by atoms with Gasteiger partial charge in [0.15, 0.2) is 0 Å². The quantitative estimate of drug-likeness (QED) is 0.705. The third kappa shape index (κ3) is 3.75. The van der Waals surface area contributed by atoms with Crippen molar-refractivity contribution in [1.82, 2.24) is 4.98 Å². The van der Waals surface area contributed by atoms with E-state index in [1.165, 1.54) is 6.42 Å². The average molecular weight is 194 g/mol. The van der Waals surface area contributed by atoms with E-state index in [1.54, 1.807) is 13.3 Å². The number of anilines is 1. The Morgan fingerprint density at radius 1 is 1.36 bits per heavy atom. The Labute approximate surface area is 85.3 Å². The van der Waals surface area contributed by atoms with Gasteiger partial charge in [-0.15, -0.1) is 0 Å². The van der Waals surface area contributed by atoms with Crippen LogP contribution in [0.15, 0.2) is 18.5 Å². The molecule has 1 aromatic rings. The maximum Gasteiger partial charge on any atom is 0.0462 e. The number of aromatic nitrogens is 1. The Morgan fingerprint density at radius 3 is 2.93 bits per heavy atom. The number of aryl methyl sites for hydroxylation is 1. The molecule has 0 radical (unpaired) electrons. The van der Waals surface area contributed by atoms with Crippen molar-refractivity contribution in [3.63, 3.8) is 0 Å². The van der Waals surface area contributed by atoms with Crippen molar-refractivity contribution in [1.29, 1.82) is 0 Å². The summed E-state index contributed by atoms with van der Waals surface area (Å²) in [7, 11) is 1.74. The second kappa shape index (κ2) is 6.38. The Kier molecular flexibility index (Phi) is 5.00. The molecule has 1 rings (SSSR count). The molecule has 0 aliphatic carbocycles. The first-order valence-corrected chi connectivity index (χ1v) is 5.02. The van der Waals surface area contributed by atoms with Crippen LogP contribution in [0.5, 0.6) is 0 Å². The summed E-state index contributed by atoms with van der Waals surface area (Å²) in [6.45, 7) is 0.850. The van der Waals surface area contributed by atoms with Crippen LogP contribution in [0.3, 0.4) is 0 Å². The van der Waals surface area contributed by atoms with Gasteiger partial charge < -0.3 is 10.5 Å². The van der Waals surface area contributed by atoms with E-state index in [9.17, 15) is 0 Å². The molecule has 1 aromatic heterocycles. The molecule has 0 amide bonds. The van der Waals surface area contributed by atoms with Gasteiger partial charge in [-0.2, -0.15) is 0 Å². The fourth-order valence-electron chi connectivity index (χ4n) is 1.39. The predicted octanol–water partition coefficient (Wildman–Crippen LogP) is 2.02. The van der Waals surface area contributed by atoms with E-state index in [4.69, 9.17) is 10.5 Å². The lowest BCUT2D eigenvalue weighted by Crippen LogP contribution is -1.96. The number of hydrogen-bond donors (Lipinski definition) is 1. The largest absolute Gasteiger partial charge is 0.398 e. The van der Waals surface area contributed by atoms with Gasteiger partial charge in [0, 0.05) is 31.8 Å². The first-order chi connectivity index (χ1) is 6.84. The summed E-state index contributed by atoms with van der Waals surface area (Å²) in [5, 5.41) is 0. The number of pyridine rings is 1. The summed E-state index contributed by atoms with van der Waals surface area (Å²) in [5.74, 6) is 0. The smallest absolute Gasteiger partial charge is 0.0462 e. The fourth-order valence-corrected chi connectivity index (χ4v) is 1.39. The molecular weight excluding hydrogens is 176 g/mol. The van der Waals surface area contributed by atoms with Crippen molar-refractivity contribution in [2.45, 2.75) is 25.7 Å². The molecule has 0 aliphatic rings. The number of methoxy groups -OCH3 is 1. The zero-order chi connectivity index (χ0) is 10.2. The average Bonchev–Trinajstić information content (AvgIpc) is 2.20. The van der Waals surface area contributed by atoms with Gasteiger partial charge in [0.2, 0.25) is 0 Å². The van der Waals surface area contributed by atoms with Crippen LogP contribution < -0.4 is 5.73 Å². The van der Waals surface area contributed by atoms with Gasteiger partial charge in [0.25, 0.3) is 0 Å². The number of rotatable bonds is 6. The van der Waals surface area contributed by atoms with Crippen LogP contribution in [0, 0.1) is 0 Å². The molecule has 0 bridgehead atoms. The van der Waals surface area contributed by atoms with E-state index in [2.05, 4.69) is 4.98 Å². The normalized spacial score (nSPS) is 10.4. The van der Waals surface area contributed by atoms with Crippen LogP contribution in [-0.2, 0) is 11.2 Å². The van der Waals surface area contributed by atoms with Crippen LogP contribution in [-0.4, -0.2) is 18.7 Å². The second-order valence-electron chi connectivity index (χ2n) is 3.38. The van der Waals surface area contributed by atoms with Crippen molar-refractivity contribution in [3.8, 4) is 0 Å². The SMILES string of the molecule is COCCCCCc1cnccc1N. The van der Waals surface area contributed by atoms with Crippen molar-refractivity contribution in [2.75, 3.05) is 19.5 Å². The van der Waals surface area contributed by atoms with Gasteiger partial charge in [-0.1, -0.05) is 6.42 Å². The first-order valence-electron chi connectivity index (χ1n) is 5.02. The highest BCUT2D eigenvalue weighted by Gasteiger charge is 1.97. The second-order valence-corrected chi connectivity index (χ2v) is 3.38. The Morgan fingerprint density at radius 2 is 2.21 bits per heavy atom. The number of hydrogen-bond acceptors (Lipinski definition) is 3. The van der Waals surface area contributed by atoms with Crippen molar-refractivity contribution >= 4 is 5.69 Å². The molecule has 0 saturated carbocycles. The zero-order valence-electron chi connectivity index (χ0n) is 8.70. The Hall–Kier alpha value is -1.09. The number of unbranched alkanes of at least 4 members (excludes halogenated alkanes) is 2. The topological polar surface area (TPSA) is 48.1 Å².